The van der Waals surface area contributed by atoms with Crippen molar-refractivity contribution >= 4 is 6.34 Å². The quantitative estimate of drug-likeness (QED) is 0.203. The maximum atomic E-state index is 12.1. The molecule has 0 saturated heterocycles. The molecule has 0 atom stereocenters. The van der Waals surface area contributed by atoms with E-state index >= 15 is 0 Å². The second kappa shape index (κ2) is 6.71. The summed E-state index contributed by atoms with van der Waals surface area (Å²) in [4.78, 5) is 0. The van der Waals surface area contributed by atoms with Crippen LogP contribution in [0.3, 0.4) is 0 Å². The van der Waals surface area contributed by atoms with Gasteiger partial charge in [-0.25, -0.2) is 5.53 Å². The van der Waals surface area contributed by atoms with Gasteiger partial charge in [-0.3, -0.25) is 0 Å². The van der Waals surface area contributed by atoms with E-state index in [0.717, 1.165) is 18.5 Å². The van der Waals surface area contributed by atoms with Gasteiger partial charge in [-0.15, -0.1) is 5.11 Å². The molecule has 0 aliphatic carbocycles. The van der Waals surface area contributed by atoms with Crippen LogP contribution in [0.25, 0.3) is 0 Å². The Morgan fingerprint density at radius 3 is 1.47 bits per heavy atom. The van der Waals surface area contributed by atoms with Crippen molar-refractivity contribution in [1.82, 2.24) is 0 Å². The third-order valence-electron chi connectivity index (χ3n) is 1.66. The lowest BCUT2D eigenvalue weighted by atomic mass is 10.1. The highest BCUT2D eigenvalue weighted by Gasteiger charge is 2.42. The zero-order valence-corrected chi connectivity index (χ0v) is 9.13. The summed E-state index contributed by atoms with van der Waals surface area (Å²) in [5.41, 5.74) is 2.68. The molecule has 0 radical (unpaired) electrons. The van der Waals surface area contributed by atoms with Crippen LogP contribution in [-0.4, -0.2) is 6.34 Å². The Bertz CT molecular complexity index is 404. The minimum Gasteiger partial charge on any atom is -0.322 e. The Morgan fingerprint density at radius 2 is 1.32 bits per heavy atom. The Kier molecular flexibility index (Phi) is 5.96. The van der Waals surface area contributed by atoms with Gasteiger partial charge in [-0.2, -0.15) is 31.4 Å². The van der Waals surface area contributed by atoms with Gasteiger partial charge >= 0.3 is 12.4 Å². The molecule has 0 aliphatic rings. The van der Waals surface area contributed by atoms with E-state index in [9.17, 15) is 26.3 Å². The van der Waals surface area contributed by atoms with E-state index in [1.165, 1.54) is 0 Å². The molecule has 0 aromatic heterocycles. The van der Waals surface area contributed by atoms with Crippen LogP contribution in [0.2, 0.25) is 0 Å². The first-order valence-electron chi connectivity index (χ1n) is 4.46. The van der Waals surface area contributed by atoms with Gasteiger partial charge in [0.15, 0.2) is 6.34 Å². The lowest BCUT2D eigenvalue weighted by molar-refractivity contribution is -0.162. The first-order valence-corrected chi connectivity index (χ1v) is 4.46. The molecule has 0 heterocycles. The maximum Gasteiger partial charge on any atom is 0.417 e. The molecule has 0 spiro atoms. The standard InChI is InChI=1S/C8H4F6.CH4N4/c9-7(10,11)5-3-1-2-4-6(5)8(12,13)14;2-4-1-5-3/h1-4H;1-2H,3H2. The third kappa shape index (κ3) is 5.84. The molecule has 3 N–H and O–H groups in total. The predicted octanol–water partition coefficient (Wildman–Crippen LogP) is 3.64. The van der Waals surface area contributed by atoms with Crippen LogP contribution in [0, 0.1) is 5.53 Å². The number of benzene rings is 1. The Hall–Kier alpha value is -2.13. The van der Waals surface area contributed by atoms with Crippen molar-refractivity contribution in [2.24, 2.45) is 16.1 Å². The van der Waals surface area contributed by atoms with Crippen LogP contribution >= 0.6 is 0 Å². The van der Waals surface area contributed by atoms with Crippen molar-refractivity contribution in [3.63, 3.8) is 0 Å². The van der Waals surface area contributed by atoms with E-state index in [2.05, 4.69) is 16.1 Å². The summed E-state index contributed by atoms with van der Waals surface area (Å²) in [5, 5.41) is 5.56. The van der Waals surface area contributed by atoms with Gasteiger partial charge in [-0.05, 0) is 12.1 Å². The van der Waals surface area contributed by atoms with Crippen LogP contribution in [0.15, 0.2) is 34.5 Å². The number of nitrogens with zero attached hydrogens (tertiary/aromatic N) is 2. The van der Waals surface area contributed by atoms with Gasteiger partial charge in [0.25, 0.3) is 0 Å². The predicted molar refractivity (Wildman–Crippen MR) is 54.3 cm³/mol. The summed E-state index contributed by atoms with van der Waals surface area (Å²) in [6, 6.07) is 2.64. The molecule has 0 unspecified atom stereocenters. The van der Waals surface area contributed by atoms with Crippen molar-refractivity contribution < 1.29 is 26.3 Å². The SMILES string of the molecule is FC(F)(F)c1ccccc1C(F)(F)F.N=NC=NN. The van der Waals surface area contributed by atoms with E-state index in [1.807, 2.05) is 0 Å². The normalized spacial score (nSPS) is 11.9. The third-order valence-corrected chi connectivity index (χ3v) is 1.66. The molecule has 0 fully saturated rings. The fourth-order valence-electron chi connectivity index (χ4n) is 1.01. The van der Waals surface area contributed by atoms with E-state index in [0.29, 0.717) is 12.1 Å². The number of hydrazone groups is 1. The number of rotatable bonds is 1. The lowest BCUT2D eigenvalue weighted by Crippen LogP contribution is -2.15. The Labute approximate surface area is 103 Å². The number of hydrogen-bond acceptors (Lipinski definition) is 3. The van der Waals surface area contributed by atoms with Crippen LogP contribution in [0.4, 0.5) is 26.3 Å². The van der Waals surface area contributed by atoms with Crippen LogP contribution in [0.5, 0.6) is 0 Å². The van der Waals surface area contributed by atoms with E-state index in [4.69, 9.17) is 5.53 Å². The molecule has 0 bridgehead atoms. The molecule has 0 saturated carbocycles. The summed E-state index contributed by atoms with van der Waals surface area (Å²) in [6.45, 7) is 0. The molecule has 0 amide bonds. The van der Waals surface area contributed by atoms with Crippen LogP contribution < -0.4 is 5.84 Å². The number of nitrogens with one attached hydrogen (secondary N) is 1. The molecule has 1 aromatic carbocycles. The van der Waals surface area contributed by atoms with Gasteiger partial charge in [0.2, 0.25) is 0 Å². The Morgan fingerprint density at radius 1 is 0.947 bits per heavy atom. The summed E-state index contributed by atoms with van der Waals surface area (Å²) in [7, 11) is 0. The molecule has 10 heteroatoms. The maximum absolute atomic E-state index is 12.1. The second-order valence-corrected chi connectivity index (χ2v) is 2.93. The van der Waals surface area contributed by atoms with Gasteiger partial charge < -0.3 is 5.84 Å². The van der Waals surface area contributed by atoms with Crippen molar-refractivity contribution in [3.05, 3.63) is 35.4 Å². The van der Waals surface area contributed by atoms with Crippen LogP contribution in [0.1, 0.15) is 11.1 Å². The first-order chi connectivity index (χ1) is 8.64. The fourth-order valence-corrected chi connectivity index (χ4v) is 1.01. The molecular formula is C9H8F6N4. The van der Waals surface area contributed by atoms with E-state index < -0.39 is 23.5 Å². The minimum atomic E-state index is -4.98. The zero-order chi connectivity index (χ0) is 15.1. The molecule has 0 aliphatic heterocycles. The van der Waals surface area contributed by atoms with Gasteiger partial charge in [0, 0.05) is 0 Å². The first kappa shape index (κ1) is 16.9. The van der Waals surface area contributed by atoms with Crippen molar-refractivity contribution in [2.45, 2.75) is 12.4 Å². The monoisotopic (exact) mass is 286 g/mol. The average molecular weight is 286 g/mol. The number of hydrogen-bond donors (Lipinski definition) is 2. The minimum absolute atomic E-state index is 0.406. The molecule has 1 aromatic rings. The van der Waals surface area contributed by atoms with E-state index in [1.54, 1.807) is 0 Å². The summed E-state index contributed by atoms with van der Waals surface area (Å²) >= 11 is 0. The van der Waals surface area contributed by atoms with E-state index in [-0.39, 0.29) is 0 Å². The number of halogens is 6. The average Bonchev–Trinajstić information content (AvgIpc) is 2.29. The lowest BCUT2D eigenvalue weighted by Gasteiger charge is -2.14. The number of alkyl halides is 6. The van der Waals surface area contributed by atoms with Gasteiger partial charge in [0.1, 0.15) is 0 Å². The molecule has 1 rings (SSSR count). The highest BCUT2D eigenvalue weighted by molar-refractivity contribution is 5.52. The van der Waals surface area contributed by atoms with Crippen molar-refractivity contribution in [2.75, 3.05) is 0 Å². The fraction of sp³-hybridized carbons (Fsp3) is 0.222. The van der Waals surface area contributed by atoms with Gasteiger partial charge in [0.05, 0.1) is 11.1 Å². The van der Waals surface area contributed by atoms with Crippen LogP contribution in [-0.2, 0) is 12.4 Å². The largest absolute Gasteiger partial charge is 0.417 e. The number of nitrogens with two attached hydrogens (primary N) is 1. The summed E-state index contributed by atoms with van der Waals surface area (Å²) < 4.78 is 72.5. The molecule has 4 nitrogen and oxygen atoms in total. The highest BCUT2D eigenvalue weighted by atomic mass is 19.4. The molecule has 19 heavy (non-hydrogen) atoms. The summed E-state index contributed by atoms with van der Waals surface area (Å²) in [6.07, 6.45) is -9.02. The zero-order valence-electron chi connectivity index (χ0n) is 9.13. The molecular weight excluding hydrogens is 278 g/mol. The molecule has 106 valence electrons. The smallest absolute Gasteiger partial charge is 0.322 e. The van der Waals surface area contributed by atoms with Gasteiger partial charge in [-0.1, -0.05) is 12.1 Å². The summed E-state index contributed by atoms with van der Waals surface area (Å²) in [5.74, 6) is 4.49. The van der Waals surface area contributed by atoms with Crippen molar-refractivity contribution in [3.8, 4) is 0 Å². The van der Waals surface area contributed by atoms with Crippen molar-refractivity contribution in [1.29, 1.82) is 5.53 Å². The second-order valence-electron chi connectivity index (χ2n) is 2.93. The Balaban J connectivity index is 0.000000555. The topological polar surface area (TPSA) is 74.6 Å². The highest BCUT2D eigenvalue weighted by Crippen LogP contribution is 2.39.